The Bertz CT molecular complexity index is 681. The van der Waals surface area contributed by atoms with E-state index in [-0.39, 0.29) is 11.7 Å². The molecule has 0 aliphatic heterocycles. The topological polar surface area (TPSA) is 74.2 Å². The normalized spacial score (nSPS) is 11.6. The number of ether oxygens (including phenoxy) is 4. The first-order valence-electron chi connectivity index (χ1n) is 8.95. The molecule has 0 aromatic heterocycles. The first-order chi connectivity index (χ1) is 13.1. The van der Waals surface area contributed by atoms with Crippen LogP contribution in [0.5, 0.6) is 17.2 Å². The van der Waals surface area contributed by atoms with Crippen molar-refractivity contribution in [2.24, 2.45) is 0 Å². The van der Waals surface area contributed by atoms with Gasteiger partial charge in [-0.15, -0.1) is 0 Å². The molecule has 1 unspecified atom stereocenters. The zero-order valence-electron chi connectivity index (χ0n) is 15.7. The van der Waals surface area contributed by atoms with Crippen molar-refractivity contribution in [3.05, 3.63) is 54.1 Å². The molecule has 2 aromatic carbocycles. The lowest BCUT2D eigenvalue weighted by atomic mass is 10.1. The number of phenolic OH excluding ortho intramolecular Hbond substituents is 1. The van der Waals surface area contributed by atoms with Crippen LogP contribution in [-0.2, 0) is 20.7 Å². The fraction of sp³-hybridized carbons (Fsp3) is 0.381. The second-order valence-electron chi connectivity index (χ2n) is 5.87. The molecule has 0 fully saturated rings. The van der Waals surface area contributed by atoms with Crippen LogP contribution in [0.4, 0.5) is 0 Å². The number of hydrogen-bond acceptors (Lipinski definition) is 6. The number of carbonyl (C=O) groups is 1. The summed E-state index contributed by atoms with van der Waals surface area (Å²) < 4.78 is 21.5. The molecular weight excluding hydrogens is 348 g/mol. The van der Waals surface area contributed by atoms with Gasteiger partial charge in [-0.05, 0) is 48.9 Å². The Morgan fingerprint density at radius 3 is 2.04 bits per heavy atom. The Balaban J connectivity index is 1.70. The average molecular weight is 374 g/mol. The van der Waals surface area contributed by atoms with Gasteiger partial charge in [-0.1, -0.05) is 12.1 Å². The highest BCUT2D eigenvalue weighted by molar-refractivity contribution is 5.75. The van der Waals surface area contributed by atoms with E-state index in [0.29, 0.717) is 32.0 Å². The average Bonchev–Trinajstić information content (AvgIpc) is 2.68. The molecular formula is C21H26O6. The summed E-state index contributed by atoms with van der Waals surface area (Å²) in [6, 6.07) is 14.2. The molecule has 0 amide bonds. The smallest absolute Gasteiger partial charge is 0.335 e. The van der Waals surface area contributed by atoms with Crippen molar-refractivity contribution in [3.8, 4) is 17.2 Å². The highest BCUT2D eigenvalue weighted by Gasteiger charge is 2.19. The van der Waals surface area contributed by atoms with Crippen LogP contribution in [0.2, 0.25) is 0 Å². The standard InChI is InChI=1S/C21H26O6/c1-3-25-21(23)20(24-2)15-16-5-9-18(10-6-16)26-13-4-14-27-19-11-7-17(22)8-12-19/h5-12,20,22H,3-4,13-15H2,1-2H3. The third-order valence-corrected chi connectivity index (χ3v) is 3.84. The van der Waals surface area contributed by atoms with Crippen LogP contribution in [-0.4, -0.2) is 44.1 Å². The highest BCUT2D eigenvalue weighted by atomic mass is 16.6. The number of aromatic hydroxyl groups is 1. The molecule has 0 spiro atoms. The van der Waals surface area contributed by atoms with E-state index in [1.54, 1.807) is 31.2 Å². The molecule has 0 saturated heterocycles. The summed E-state index contributed by atoms with van der Waals surface area (Å²) in [6.07, 6.45) is 0.585. The summed E-state index contributed by atoms with van der Waals surface area (Å²) in [7, 11) is 1.50. The Labute approximate surface area is 159 Å². The lowest BCUT2D eigenvalue weighted by molar-refractivity contribution is -0.154. The van der Waals surface area contributed by atoms with E-state index in [0.717, 1.165) is 17.7 Å². The molecule has 0 bridgehead atoms. The van der Waals surface area contributed by atoms with Gasteiger partial charge in [0.25, 0.3) is 0 Å². The van der Waals surface area contributed by atoms with Gasteiger partial charge >= 0.3 is 5.97 Å². The zero-order valence-corrected chi connectivity index (χ0v) is 15.7. The van der Waals surface area contributed by atoms with Gasteiger partial charge in [-0.2, -0.15) is 0 Å². The maximum Gasteiger partial charge on any atom is 0.335 e. The Morgan fingerprint density at radius 1 is 0.963 bits per heavy atom. The molecule has 6 nitrogen and oxygen atoms in total. The zero-order chi connectivity index (χ0) is 19.5. The van der Waals surface area contributed by atoms with Crippen LogP contribution >= 0.6 is 0 Å². The van der Waals surface area contributed by atoms with E-state index in [4.69, 9.17) is 18.9 Å². The van der Waals surface area contributed by atoms with Crippen molar-refractivity contribution < 1.29 is 28.8 Å². The van der Waals surface area contributed by atoms with Crippen LogP contribution in [0.25, 0.3) is 0 Å². The summed E-state index contributed by atoms with van der Waals surface area (Å²) in [5, 5.41) is 9.22. The molecule has 2 rings (SSSR count). The summed E-state index contributed by atoms with van der Waals surface area (Å²) in [5.41, 5.74) is 0.970. The summed E-state index contributed by atoms with van der Waals surface area (Å²) in [4.78, 5) is 11.8. The van der Waals surface area contributed by atoms with E-state index in [1.807, 2.05) is 24.3 Å². The third-order valence-electron chi connectivity index (χ3n) is 3.84. The minimum Gasteiger partial charge on any atom is -0.508 e. The van der Waals surface area contributed by atoms with Gasteiger partial charge in [0.05, 0.1) is 19.8 Å². The maximum atomic E-state index is 11.8. The number of phenols is 1. The minimum atomic E-state index is -0.603. The predicted molar refractivity (Wildman–Crippen MR) is 101 cm³/mol. The molecule has 0 aliphatic rings. The molecule has 6 heteroatoms. The molecule has 1 atom stereocenters. The molecule has 1 N–H and O–H groups in total. The molecule has 27 heavy (non-hydrogen) atoms. The van der Waals surface area contributed by atoms with E-state index in [2.05, 4.69) is 0 Å². The van der Waals surface area contributed by atoms with Crippen molar-refractivity contribution in [2.45, 2.75) is 25.9 Å². The molecule has 0 aliphatic carbocycles. The lowest BCUT2D eigenvalue weighted by Crippen LogP contribution is -2.27. The van der Waals surface area contributed by atoms with Crippen LogP contribution in [0, 0.1) is 0 Å². The monoisotopic (exact) mass is 374 g/mol. The van der Waals surface area contributed by atoms with Gasteiger partial charge in [0.15, 0.2) is 6.10 Å². The predicted octanol–water partition coefficient (Wildman–Crippen LogP) is 3.36. The highest BCUT2D eigenvalue weighted by Crippen LogP contribution is 2.17. The quantitative estimate of drug-likeness (QED) is 0.480. The van der Waals surface area contributed by atoms with E-state index < -0.39 is 6.10 Å². The Kier molecular flexibility index (Phi) is 8.45. The Hall–Kier alpha value is -2.73. The third kappa shape index (κ3) is 7.19. The van der Waals surface area contributed by atoms with Crippen LogP contribution in [0.3, 0.4) is 0 Å². The number of rotatable bonds is 11. The van der Waals surface area contributed by atoms with Gasteiger partial charge in [0, 0.05) is 20.0 Å². The second-order valence-corrected chi connectivity index (χ2v) is 5.87. The van der Waals surface area contributed by atoms with Crippen LogP contribution in [0.15, 0.2) is 48.5 Å². The number of hydrogen-bond donors (Lipinski definition) is 1. The minimum absolute atomic E-state index is 0.216. The molecule has 146 valence electrons. The number of benzene rings is 2. The van der Waals surface area contributed by atoms with Crippen molar-refractivity contribution in [1.82, 2.24) is 0 Å². The fourth-order valence-electron chi connectivity index (χ4n) is 2.42. The number of esters is 1. The Morgan fingerprint density at radius 2 is 1.52 bits per heavy atom. The van der Waals surface area contributed by atoms with Gasteiger partial charge in [-0.3, -0.25) is 0 Å². The lowest BCUT2D eigenvalue weighted by Gasteiger charge is -2.14. The largest absolute Gasteiger partial charge is 0.508 e. The van der Waals surface area contributed by atoms with Gasteiger partial charge in [0.1, 0.15) is 17.2 Å². The summed E-state index contributed by atoms with van der Waals surface area (Å²) >= 11 is 0. The van der Waals surface area contributed by atoms with Crippen molar-refractivity contribution in [2.75, 3.05) is 26.9 Å². The SMILES string of the molecule is CCOC(=O)C(Cc1ccc(OCCCOc2ccc(O)cc2)cc1)OC. The number of carbonyl (C=O) groups excluding carboxylic acids is 1. The van der Waals surface area contributed by atoms with Gasteiger partial charge in [-0.25, -0.2) is 4.79 Å². The van der Waals surface area contributed by atoms with Crippen LogP contribution < -0.4 is 9.47 Å². The first kappa shape index (κ1) is 20.6. The summed E-state index contributed by atoms with van der Waals surface area (Å²) in [5.74, 6) is 1.34. The van der Waals surface area contributed by atoms with Crippen molar-refractivity contribution in [3.63, 3.8) is 0 Å². The molecule has 0 radical (unpaired) electrons. The van der Waals surface area contributed by atoms with Gasteiger partial charge < -0.3 is 24.1 Å². The second kappa shape index (κ2) is 11.1. The molecule has 0 saturated carbocycles. The van der Waals surface area contributed by atoms with Crippen molar-refractivity contribution >= 4 is 5.97 Å². The fourth-order valence-corrected chi connectivity index (χ4v) is 2.42. The summed E-state index contributed by atoms with van der Waals surface area (Å²) in [6.45, 7) is 3.16. The van der Waals surface area contributed by atoms with E-state index >= 15 is 0 Å². The molecule has 2 aromatic rings. The van der Waals surface area contributed by atoms with Crippen molar-refractivity contribution in [1.29, 1.82) is 0 Å². The molecule has 0 heterocycles. The maximum absolute atomic E-state index is 11.8. The van der Waals surface area contributed by atoms with E-state index in [9.17, 15) is 9.90 Å². The van der Waals surface area contributed by atoms with E-state index in [1.165, 1.54) is 7.11 Å². The number of methoxy groups -OCH3 is 1. The first-order valence-corrected chi connectivity index (χ1v) is 8.95. The van der Waals surface area contributed by atoms with Gasteiger partial charge in [0.2, 0.25) is 0 Å². The van der Waals surface area contributed by atoms with Crippen LogP contribution in [0.1, 0.15) is 18.9 Å².